The predicted molar refractivity (Wildman–Crippen MR) is 102 cm³/mol. The zero-order valence-electron chi connectivity index (χ0n) is 14.2. The molecule has 6 nitrogen and oxygen atoms in total. The predicted octanol–water partition coefficient (Wildman–Crippen LogP) is 2.78. The fourth-order valence-corrected chi connectivity index (χ4v) is 3.03. The number of pyridine rings is 1. The van der Waals surface area contributed by atoms with Crippen LogP contribution in [0.1, 0.15) is 18.4 Å². The van der Waals surface area contributed by atoms with Gasteiger partial charge in [-0.05, 0) is 48.2 Å². The Kier molecular flexibility index (Phi) is 3.54. The fraction of sp³-hybridized carbons (Fsp3) is 0.300. The number of fused-ring (bicyclic) bond motifs is 1. The number of anilines is 2. The molecule has 5 rings (SSSR count). The van der Waals surface area contributed by atoms with Crippen LogP contribution in [0.5, 0.6) is 0 Å². The molecule has 0 bridgehead atoms. The molecule has 0 unspecified atom stereocenters. The smallest absolute Gasteiger partial charge is 0.153 e. The van der Waals surface area contributed by atoms with Crippen molar-refractivity contribution in [2.45, 2.75) is 18.9 Å². The maximum Gasteiger partial charge on any atom is 0.153 e. The van der Waals surface area contributed by atoms with Crippen molar-refractivity contribution in [3.63, 3.8) is 0 Å². The Morgan fingerprint density at radius 2 is 2.08 bits per heavy atom. The second-order valence-electron chi connectivity index (χ2n) is 6.91. The summed E-state index contributed by atoms with van der Waals surface area (Å²) < 4.78 is 5.21. The Labute approximate surface area is 151 Å². The fourth-order valence-electron chi connectivity index (χ4n) is 3.03. The number of H-pyrrole nitrogens is 1. The molecule has 0 radical (unpaired) electrons. The molecule has 2 aromatic heterocycles. The van der Waals surface area contributed by atoms with Gasteiger partial charge in [0.1, 0.15) is 5.82 Å². The van der Waals surface area contributed by atoms with Crippen molar-refractivity contribution in [3.8, 4) is 23.0 Å². The van der Waals surface area contributed by atoms with Gasteiger partial charge in [0.15, 0.2) is 5.82 Å². The Morgan fingerprint density at radius 3 is 2.85 bits per heavy atom. The lowest BCUT2D eigenvalue weighted by Gasteiger charge is -2.27. The highest BCUT2D eigenvalue weighted by Gasteiger charge is 2.19. The van der Waals surface area contributed by atoms with E-state index in [-0.39, 0.29) is 0 Å². The number of nitrogens with two attached hydrogens (primary N) is 1. The van der Waals surface area contributed by atoms with Gasteiger partial charge in [0.2, 0.25) is 0 Å². The van der Waals surface area contributed by atoms with E-state index in [1.807, 2.05) is 18.3 Å². The van der Waals surface area contributed by atoms with Crippen LogP contribution in [-0.4, -0.2) is 34.4 Å². The van der Waals surface area contributed by atoms with Crippen molar-refractivity contribution in [2.75, 3.05) is 24.3 Å². The first-order chi connectivity index (χ1) is 12.8. The van der Waals surface area contributed by atoms with Gasteiger partial charge in [0, 0.05) is 17.5 Å². The van der Waals surface area contributed by atoms with Gasteiger partial charge in [-0.3, -0.25) is 5.10 Å². The Bertz CT molecular complexity index is 1040. The Hall–Kier alpha value is -3.04. The van der Waals surface area contributed by atoms with Gasteiger partial charge in [0.05, 0.1) is 30.3 Å². The number of nitrogen functional groups attached to an aromatic ring is 1. The summed E-state index contributed by atoms with van der Waals surface area (Å²) in [6.07, 6.45) is 4.21. The minimum Gasteiger partial charge on any atom is -0.382 e. The summed E-state index contributed by atoms with van der Waals surface area (Å²) in [5.74, 6) is 8.52. The van der Waals surface area contributed by atoms with Gasteiger partial charge in [-0.25, -0.2) is 4.98 Å². The summed E-state index contributed by atoms with van der Waals surface area (Å²) >= 11 is 0. The molecule has 1 aromatic carbocycles. The van der Waals surface area contributed by atoms with Crippen LogP contribution in [-0.2, 0) is 4.74 Å². The van der Waals surface area contributed by atoms with Crippen molar-refractivity contribution in [2.24, 2.45) is 5.92 Å². The number of nitrogens with one attached hydrogen (secondary N) is 2. The molecule has 6 heteroatoms. The maximum absolute atomic E-state index is 6.05. The zero-order chi connectivity index (χ0) is 17.5. The van der Waals surface area contributed by atoms with E-state index in [4.69, 9.17) is 10.5 Å². The standard InChI is InChI=1S/C20H19N5O/c21-20-17-8-15(7-14(19(17)24-25-20)4-3-12-1-2-12)13-5-6-22-18(9-13)23-16-10-26-11-16/h5-9,12,16H,1-2,10-11H2,(H,22,23)(H3,21,24,25). The molecule has 2 fully saturated rings. The molecule has 4 N–H and O–H groups in total. The van der Waals surface area contributed by atoms with Crippen molar-refractivity contribution in [3.05, 3.63) is 36.0 Å². The Morgan fingerprint density at radius 1 is 1.19 bits per heavy atom. The third-order valence-corrected chi connectivity index (χ3v) is 4.77. The number of aromatic nitrogens is 3. The summed E-state index contributed by atoms with van der Waals surface area (Å²) in [5.41, 5.74) is 10.0. The van der Waals surface area contributed by atoms with Crippen molar-refractivity contribution >= 4 is 22.5 Å². The van der Waals surface area contributed by atoms with Crippen LogP contribution < -0.4 is 11.1 Å². The number of nitrogens with zero attached hydrogens (tertiary/aromatic N) is 2. The van der Waals surface area contributed by atoms with Gasteiger partial charge >= 0.3 is 0 Å². The highest BCUT2D eigenvalue weighted by molar-refractivity contribution is 5.96. The van der Waals surface area contributed by atoms with Crippen LogP contribution in [0.4, 0.5) is 11.6 Å². The number of benzene rings is 1. The molecule has 1 aliphatic heterocycles. The van der Waals surface area contributed by atoms with Crippen LogP contribution in [0.15, 0.2) is 30.5 Å². The highest BCUT2D eigenvalue weighted by Crippen LogP contribution is 2.31. The van der Waals surface area contributed by atoms with E-state index < -0.39 is 0 Å². The molecule has 0 amide bonds. The normalized spacial score (nSPS) is 16.8. The molecule has 1 saturated heterocycles. The lowest BCUT2D eigenvalue weighted by atomic mass is 10.0. The molecule has 3 heterocycles. The second-order valence-corrected chi connectivity index (χ2v) is 6.91. The topological polar surface area (TPSA) is 88.9 Å². The van der Waals surface area contributed by atoms with E-state index in [0.29, 0.717) is 17.8 Å². The zero-order valence-corrected chi connectivity index (χ0v) is 14.2. The molecule has 1 saturated carbocycles. The highest BCUT2D eigenvalue weighted by atomic mass is 16.5. The summed E-state index contributed by atoms with van der Waals surface area (Å²) in [5, 5.41) is 11.5. The lowest BCUT2D eigenvalue weighted by Crippen LogP contribution is -2.40. The average Bonchev–Trinajstić information content (AvgIpc) is 3.38. The molecule has 26 heavy (non-hydrogen) atoms. The molecule has 2 aliphatic rings. The first-order valence-electron chi connectivity index (χ1n) is 8.86. The molecule has 130 valence electrons. The van der Waals surface area contributed by atoms with Crippen molar-refractivity contribution < 1.29 is 4.74 Å². The summed E-state index contributed by atoms with van der Waals surface area (Å²) in [7, 11) is 0. The van der Waals surface area contributed by atoms with E-state index in [9.17, 15) is 0 Å². The van der Waals surface area contributed by atoms with Gasteiger partial charge < -0.3 is 15.8 Å². The maximum atomic E-state index is 6.05. The lowest BCUT2D eigenvalue weighted by molar-refractivity contribution is 0.0209. The first-order valence-corrected chi connectivity index (χ1v) is 8.86. The summed E-state index contributed by atoms with van der Waals surface area (Å²) in [6, 6.07) is 8.54. The quantitative estimate of drug-likeness (QED) is 0.635. The third kappa shape index (κ3) is 2.87. The number of aromatic amines is 1. The van der Waals surface area contributed by atoms with Crippen molar-refractivity contribution in [1.29, 1.82) is 0 Å². The summed E-state index contributed by atoms with van der Waals surface area (Å²) in [6.45, 7) is 1.45. The number of hydrogen-bond acceptors (Lipinski definition) is 5. The molecular weight excluding hydrogens is 326 g/mol. The third-order valence-electron chi connectivity index (χ3n) is 4.77. The molecule has 1 aliphatic carbocycles. The number of rotatable bonds is 3. The number of hydrogen-bond donors (Lipinski definition) is 3. The van der Waals surface area contributed by atoms with Crippen LogP contribution in [0, 0.1) is 17.8 Å². The van der Waals surface area contributed by atoms with Crippen LogP contribution in [0.3, 0.4) is 0 Å². The second kappa shape index (κ2) is 6.04. The van der Waals surface area contributed by atoms with E-state index in [0.717, 1.165) is 46.6 Å². The molecule has 3 aromatic rings. The molecular formula is C20H19N5O. The van der Waals surface area contributed by atoms with Crippen molar-refractivity contribution in [1.82, 2.24) is 15.2 Å². The minimum atomic E-state index is 0.338. The van der Waals surface area contributed by atoms with Crippen LogP contribution in [0.2, 0.25) is 0 Å². The van der Waals surface area contributed by atoms with Gasteiger partial charge in [-0.1, -0.05) is 11.8 Å². The Balaban J connectivity index is 1.56. The van der Waals surface area contributed by atoms with E-state index in [2.05, 4.69) is 44.5 Å². The minimum absolute atomic E-state index is 0.338. The van der Waals surface area contributed by atoms with Gasteiger partial charge in [0.25, 0.3) is 0 Å². The van der Waals surface area contributed by atoms with E-state index in [1.165, 1.54) is 12.8 Å². The molecule has 0 spiro atoms. The summed E-state index contributed by atoms with van der Waals surface area (Å²) in [4.78, 5) is 4.41. The molecule has 0 atom stereocenters. The van der Waals surface area contributed by atoms with Crippen LogP contribution >= 0.6 is 0 Å². The van der Waals surface area contributed by atoms with Crippen LogP contribution in [0.25, 0.3) is 22.0 Å². The monoisotopic (exact) mass is 345 g/mol. The van der Waals surface area contributed by atoms with Gasteiger partial charge in [-0.15, -0.1) is 0 Å². The van der Waals surface area contributed by atoms with E-state index in [1.54, 1.807) is 0 Å². The first kappa shape index (κ1) is 15.2. The average molecular weight is 345 g/mol. The largest absolute Gasteiger partial charge is 0.382 e. The van der Waals surface area contributed by atoms with E-state index >= 15 is 0 Å². The number of ether oxygens (including phenoxy) is 1. The SMILES string of the molecule is Nc1n[nH]c2c(C#CC3CC3)cc(-c3ccnc(NC4COC4)c3)cc12. The van der Waals surface area contributed by atoms with Gasteiger partial charge in [-0.2, -0.15) is 5.10 Å².